The molecule has 2 saturated carbocycles. The molecule has 1 amide bonds. The molecule has 2 aliphatic carbocycles. The molecule has 3 aliphatic rings. The molecule has 0 spiro atoms. The third-order valence-corrected chi connectivity index (χ3v) is 4.83. The smallest absolute Gasteiger partial charge is 0.236 e. The Hall–Kier alpha value is -0.610. The highest BCUT2D eigenvalue weighted by Gasteiger charge is 2.31. The molecule has 0 radical (unpaired) electrons. The van der Waals surface area contributed by atoms with Crippen LogP contribution in [-0.4, -0.2) is 61.0 Å². The Morgan fingerprint density at radius 3 is 2.42 bits per heavy atom. The first-order valence-electron chi connectivity index (χ1n) is 7.94. The highest BCUT2D eigenvalue weighted by atomic mass is 16.2. The molecule has 3 fully saturated rings. The van der Waals surface area contributed by atoms with Crippen LogP contribution < -0.4 is 5.32 Å². The van der Waals surface area contributed by atoms with Crippen molar-refractivity contribution in [2.24, 2.45) is 5.92 Å². The molecular formula is C15H27N3O. The molecule has 0 atom stereocenters. The van der Waals surface area contributed by atoms with Crippen molar-refractivity contribution in [3.05, 3.63) is 0 Å². The van der Waals surface area contributed by atoms with Crippen molar-refractivity contribution in [2.45, 2.75) is 50.6 Å². The molecule has 1 aliphatic heterocycles. The van der Waals surface area contributed by atoms with Crippen LogP contribution in [0.15, 0.2) is 0 Å². The first-order valence-corrected chi connectivity index (χ1v) is 7.94. The van der Waals surface area contributed by atoms with Gasteiger partial charge in [-0.15, -0.1) is 0 Å². The van der Waals surface area contributed by atoms with E-state index in [9.17, 15) is 4.79 Å². The molecule has 19 heavy (non-hydrogen) atoms. The molecular weight excluding hydrogens is 238 g/mol. The van der Waals surface area contributed by atoms with Crippen LogP contribution in [0.3, 0.4) is 0 Å². The van der Waals surface area contributed by atoms with Crippen LogP contribution in [0.1, 0.15) is 38.5 Å². The zero-order chi connectivity index (χ0) is 13.2. The second-order valence-corrected chi connectivity index (χ2v) is 6.64. The zero-order valence-electron chi connectivity index (χ0n) is 12.1. The molecule has 0 bridgehead atoms. The van der Waals surface area contributed by atoms with E-state index in [0.29, 0.717) is 18.5 Å². The summed E-state index contributed by atoms with van der Waals surface area (Å²) in [7, 11) is 1.96. The summed E-state index contributed by atoms with van der Waals surface area (Å²) in [5.74, 6) is 1.14. The normalized spacial score (nSPS) is 25.5. The third-order valence-electron chi connectivity index (χ3n) is 4.83. The van der Waals surface area contributed by atoms with E-state index in [1.54, 1.807) is 0 Å². The number of amides is 1. The average molecular weight is 265 g/mol. The minimum Gasteiger partial charge on any atom is -0.342 e. The predicted octanol–water partition coefficient (Wildman–Crippen LogP) is 1.07. The fraction of sp³-hybridized carbons (Fsp3) is 0.933. The van der Waals surface area contributed by atoms with Crippen LogP contribution in [0.4, 0.5) is 0 Å². The molecule has 0 aromatic carbocycles. The summed E-state index contributed by atoms with van der Waals surface area (Å²) in [5, 5.41) is 3.63. The first-order chi connectivity index (χ1) is 9.22. The van der Waals surface area contributed by atoms with Gasteiger partial charge >= 0.3 is 0 Å². The molecule has 0 aromatic rings. The minimum absolute atomic E-state index is 0.317. The standard InChI is InChI=1S/C15H27N3O/c1-17(14-4-5-14)15(19)11-18-8-6-12(7-9-18)10-16-13-2-3-13/h12-14,16H,2-11H2,1H3. The van der Waals surface area contributed by atoms with Gasteiger partial charge in [0.25, 0.3) is 0 Å². The van der Waals surface area contributed by atoms with Crippen molar-refractivity contribution in [2.75, 3.05) is 33.2 Å². The first kappa shape index (κ1) is 13.4. The molecule has 4 heteroatoms. The minimum atomic E-state index is 0.317. The van der Waals surface area contributed by atoms with Crippen LogP contribution in [0.25, 0.3) is 0 Å². The Morgan fingerprint density at radius 1 is 1.16 bits per heavy atom. The number of rotatable bonds is 6. The number of hydrogen-bond acceptors (Lipinski definition) is 3. The summed E-state index contributed by atoms with van der Waals surface area (Å²) in [6.45, 7) is 4.02. The Morgan fingerprint density at radius 2 is 1.84 bits per heavy atom. The molecule has 108 valence electrons. The van der Waals surface area contributed by atoms with Crippen molar-refractivity contribution in [1.29, 1.82) is 0 Å². The van der Waals surface area contributed by atoms with E-state index in [1.165, 1.54) is 45.1 Å². The van der Waals surface area contributed by atoms with Gasteiger partial charge in [0.15, 0.2) is 0 Å². The summed E-state index contributed by atoms with van der Waals surface area (Å²) in [4.78, 5) is 16.4. The molecule has 4 nitrogen and oxygen atoms in total. The molecule has 1 heterocycles. The van der Waals surface area contributed by atoms with Gasteiger partial charge in [-0.3, -0.25) is 9.69 Å². The second-order valence-electron chi connectivity index (χ2n) is 6.64. The lowest BCUT2D eigenvalue weighted by atomic mass is 9.97. The van der Waals surface area contributed by atoms with E-state index < -0.39 is 0 Å². The van der Waals surface area contributed by atoms with Gasteiger partial charge in [0.05, 0.1) is 6.54 Å². The van der Waals surface area contributed by atoms with Gasteiger partial charge in [0.2, 0.25) is 5.91 Å². The lowest BCUT2D eigenvalue weighted by Crippen LogP contribution is -2.44. The number of carbonyl (C=O) groups is 1. The number of hydrogen-bond donors (Lipinski definition) is 1. The number of piperidine rings is 1. The second kappa shape index (κ2) is 5.80. The number of carbonyl (C=O) groups excluding carboxylic acids is 1. The quantitative estimate of drug-likeness (QED) is 0.780. The maximum Gasteiger partial charge on any atom is 0.236 e. The van der Waals surface area contributed by atoms with E-state index in [0.717, 1.165) is 25.0 Å². The molecule has 1 N–H and O–H groups in total. The van der Waals surface area contributed by atoms with Crippen molar-refractivity contribution in [3.8, 4) is 0 Å². The molecule has 0 aromatic heterocycles. The summed E-state index contributed by atoms with van der Waals surface area (Å²) < 4.78 is 0. The Kier molecular flexibility index (Phi) is 4.08. The van der Waals surface area contributed by atoms with Crippen LogP contribution in [0.5, 0.6) is 0 Å². The number of nitrogens with zero attached hydrogens (tertiary/aromatic N) is 2. The highest BCUT2D eigenvalue weighted by Crippen LogP contribution is 2.26. The Balaban J connectivity index is 1.33. The van der Waals surface area contributed by atoms with Crippen molar-refractivity contribution in [3.63, 3.8) is 0 Å². The van der Waals surface area contributed by atoms with Gasteiger partial charge in [-0.1, -0.05) is 0 Å². The number of nitrogens with one attached hydrogen (secondary N) is 1. The molecule has 0 unspecified atom stereocenters. The SMILES string of the molecule is CN(C(=O)CN1CCC(CNC2CC2)CC1)C1CC1. The van der Waals surface area contributed by atoms with Crippen molar-refractivity contribution >= 4 is 5.91 Å². The van der Waals surface area contributed by atoms with Crippen molar-refractivity contribution in [1.82, 2.24) is 15.1 Å². The van der Waals surface area contributed by atoms with Gasteiger partial charge < -0.3 is 10.2 Å². The summed E-state index contributed by atoms with van der Waals surface area (Å²) in [6.07, 6.45) is 7.66. The average Bonchev–Trinajstić information content (AvgIpc) is 3.30. The maximum atomic E-state index is 12.1. The van der Waals surface area contributed by atoms with E-state index in [2.05, 4.69) is 10.2 Å². The maximum absolute atomic E-state index is 12.1. The molecule has 3 rings (SSSR count). The Bertz CT molecular complexity index is 317. The summed E-state index contributed by atoms with van der Waals surface area (Å²) in [5.41, 5.74) is 0. The Labute approximate surface area is 116 Å². The van der Waals surface area contributed by atoms with Crippen LogP contribution in [0, 0.1) is 5.92 Å². The lowest BCUT2D eigenvalue weighted by molar-refractivity contribution is -0.131. The lowest BCUT2D eigenvalue weighted by Gasteiger charge is -2.32. The van der Waals surface area contributed by atoms with E-state index >= 15 is 0 Å². The predicted molar refractivity (Wildman–Crippen MR) is 76.0 cm³/mol. The third kappa shape index (κ3) is 3.93. The van der Waals surface area contributed by atoms with Crippen LogP contribution >= 0.6 is 0 Å². The number of likely N-dealkylation sites (N-methyl/N-ethyl adjacent to an activating group) is 1. The summed E-state index contributed by atoms with van der Waals surface area (Å²) >= 11 is 0. The van der Waals surface area contributed by atoms with E-state index in [1.807, 2.05) is 11.9 Å². The fourth-order valence-electron chi connectivity index (χ4n) is 2.94. The topological polar surface area (TPSA) is 35.6 Å². The van der Waals surface area contributed by atoms with E-state index in [-0.39, 0.29) is 0 Å². The highest BCUT2D eigenvalue weighted by molar-refractivity contribution is 5.78. The van der Waals surface area contributed by atoms with Gasteiger partial charge in [-0.05, 0) is 64.1 Å². The van der Waals surface area contributed by atoms with Crippen LogP contribution in [-0.2, 0) is 4.79 Å². The van der Waals surface area contributed by atoms with Gasteiger partial charge in [0.1, 0.15) is 0 Å². The summed E-state index contributed by atoms with van der Waals surface area (Å²) in [6, 6.07) is 1.37. The van der Waals surface area contributed by atoms with Gasteiger partial charge in [0, 0.05) is 19.1 Å². The van der Waals surface area contributed by atoms with Gasteiger partial charge in [-0.25, -0.2) is 0 Å². The van der Waals surface area contributed by atoms with Crippen LogP contribution in [0.2, 0.25) is 0 Å². The van der Waals surface area contributed by atoms with Crippen molar-refractivity contribution < 1.29 is 4.79 Å². The number of likely N-dealkylation sites (tertiary alicyclic amines) is 1. The zero-order valence-corrected chi connectivity index (χ0v) is 12.1. The monoisotopic (exact) mass is 265 g/mol. The van der Waals surface area contributed by atoms with E-state index in [4.69, 9.17) is 0 Å². The van der Waals surface area contributed by atoms with Gasteiger partial charge in [-0.2, -0.15) is 0 Å². The largest absolute Gasteiger partial charge is 0.342 e. The fourth-order valence-corrected chi connectivity index (χ4v) is 2.94. The molecule has 1 saturated heterocycles.